The number of carboxylic acid groups (broad SMARTS) is 1. The van der Waals surface area contributed by atoms with Gasteiger partial charge in [-0.2, -0.15) is 4.98 Å². The first-order valence-electron chi connectivity index (χ1n) is 5.01. The van der Waals surface area contributed by atoms with Gasteiger partial charge in [-0.1, -0.05) is 16.8 Å². The lowest BCUT2D eigenvalue weighted by Gasteiger charge is -2.05. The Kier molecular flexibility index (Phi) is 3.47. The fraction of sp³-hybridized carbons (Fsp3) is 0.182. The molecule has 1 N–H and O–H groups in total. The van der Waals surface area contributed by atoms with Gasteiger partial charge in [0.2, 0.25) is 11.7 Å². The zero-order chi connectivity index (χ0) is 13.1. The van der Waals surface area contributed by atoms with Crippen molar-refractivity contribution in [3.05, 3.63) is 40.5 Å². The Labute approximate surface area is 107 Å². The number of benzene rings is 1. The third-order valence-corrected chi connectivity index (χ3v) is 2.44. The number of nitrogens with zero attached hydrogens (tertiary/aromatic N) is 2. The molecular weight excluding hydrogens is 260 g/mol. The Balaban J connectivity index is 2.10. The molecule has 2 aromatic rings. The van der Waals surface area contributed by atoms with Crippen LogP contribution in [0.2, 0.25) is 5.02 Å². The number of carbonyl (C=O) groups is 1. The van der Waals surface area contributed by atoms with Gasteiger partial charge in [-0.05, 0) is 18.2 Å². The molecule has 2 rings (SSSR count). The third-order valence-electron chi connectivity index (χ3n) is 2.11. The standard InChI is InChI=1S/C11H9ClN2O4/c1-6-13-10(14-18-6)5-17-7-2-3-9(12)8(4-7)11(15)16/h2-4H,5H2,1H3,(H,15,16). The Bertz CT molecular complexity index is 582. The van der Waals surface area contributed by atoms with Crippen LogP contribution in [0.3, 0.4) is 0 Å². The molecule has 0 unspecified atom stereocenters. The number of aromatic carboxylic acids is 1. The molecule has 0 saturated carbocycles. The molecule has 0 radical (unpaired) electrons. The first-order chi connectivity index (χ1) is 8.56. The summed E-state index contributed by atoms with van der Waals surface area (Å²) in [6.07, 6.45) is 0. The number of hydrogen-bond acceptors (Lipinski definition) is 5. The summed E-state index contributed by atoms with van der Waals surface area (Å²) in [7, 11) is 0. The van der Waals surface area contributed by atoms with Crippen LogP contribution in [0.25, 0.3) is 0 Å². The Morgan fingerprint density at radius 3 is 2.94 bits per heavy atom. The summed E-state index contributed by atoms with van der Waals surface area (Å²) in [4.78, 5) is 14.8. The quantitative estimate of drug-likeness (QED) is 0.916. The van der Waals surface area contributed by atoms with E-state index in [0.717, 1.165) is 0 Å². The van der Waals surface area contributed by atoms with E-state index in [9.17, 15) is 4.79 Å². The maximum atomic E-state index is 10.9. The molecule has 1 aromatic heterocycles. The molecule has 1 heterocycles. The van der Waals surface area contributed by atoms with Gasteiger partial charge in [-0.15, -0.1) is 0 Å². The molecule has 6 nitrogen and oxygen atoms in total. The van der Waals surface area contributed by atoms with Gasteiger partial charge in [0.25, 0.3) is 0 Å². The molecule has 0 aliphatic carbocycles. The smallest absolute Gasteiger partial charge is 0.337 e. The molecule has 0 saturated heterocycles. The van der Waals surface area contributed by atoms with Crippen molar-refractivity contribution in [2.45, 2.75) is 13.5 Å². The molecule has 0 aliphatic rings. The van der Waals surface area contributed by atoms with Crippen LogP contribution in [-0.4, -0.2) is 21.2 Å². The number of aryl methyl sites for hydroxylation is 1. The summed E-state index contributed by atoms with van der Waals surface area (Å²) in [6, 6.07) is 4.38. The second-order valence-electron chi connectivity index (χ2n) is 3.47. The SMILES string of the molecule is Cc1nc(COc2ccc(Cl)c(C(=O)O)c2)no1. The average molecular weight is 269 g/mol. The molecule has 0 aliphatic heterocycles. The lowest BCUT2D eigenvalue weighted by Crippen LogP contribution is -2.01. The van der Waals surface area contributed by atoms with E-state index < -0.39 is 5.97 Å². The monoisotopic (exact) mass is 268 g/mol. The zero-order valence-electron chi connectivity index (χ0n) is 9.38. The number of carboxylic acids is 1. The predicted molar refractivity (Wildman–Crippen MR) is 61.8 cm³/mol. The minimum Gasteiger partial charge on any atom is -0.485 e. The predicted octanol–water partition coefficient (Wildman–Crippen LogP) is 2.31. The van der Waals surface area contributed by atoms with E-state index in [-0.39, 0.29) is 17.2 Å². The number of rotatable bonds is 4. The van der Waals surface area contributed by atoms with Gasteiger partial charge in [0.15, 0.2) is 6.61 Å². The summed E-state index contributed by atoms with van der Waals surface area (Å²) in [5.41, 5.74) is -0.0153. The number of hydrogen-bond donors (Lipinski definition) is 1. The van der Waals surface area contributed by atoms with Crippen molar-refractivity contribution < 1.29 is 19.2 Å². The molecule has 94 valence electrons. The van der Waals surface area contributed by atoms with Crippen LogP contribution < -0.4 is 4.74 Å². The summed E-state index contributed by atoms with van der Waals surface area (Å²) in [5.74, 6) is 0.0929. The normalized spacial score (nSPS) is 10.3. The van der Waals surface area contributed by atoms with Crippen LogP contribution in [0.15, 0.2) is 22.7 Å². The molecule has 18 heavy (non-hydrogen) atoms. The number of halogens is 1. The van der Waals surface area contributed by atoms with Crippen molar-refractivity contribution >= 4 is 17.6 Å². The fourth-order valence-corrected chi connectivity index (χ4v) is 1.50. The van der Waals surface area contributed by atoms with E-state index in [1.807, 2.05) is 0 Å². The molecule has 0 atom stereocenters. The highest BCUT2D eigenvalue weighted by molar-refractivity contribution is 6.33. The highest BCUT2D eigenvalue weighted by atomic mass is 35.5. The average Bonchev–Trinajstić information content (AvgIpc) is 2.74. The summed E-state index contributed by atoms with van der Waals surface area (Å²) >= 11 is 5.74. The minimum absolute atomic E-state index is 0.0153. The first-order valence-corrected chi connectivity index (χ1v) is 5.39. The van der Waals surface area contributed by atoms with E-state index in [2.05, 4.69) is 10.1 Å². The Morgan fingerprint density at radius 2 is 2.33 bits per heavy atom. The second-order valence-corrected chi connectivity index (χ2v) is 3.87. The molecule has 1 aromatic carbocycles. The van der Waals surface area contributed by atoms with Gasteiger partial charge in [0, 0.05) is 6.92 Å². The Morgan fingerprint density at radius 1 is 1.56 bits per heavy atom. The van der Waals surface area contributed by atoms with Crippen molar-refractivity contribution in [2.75, 3.05) is 0 Å². The lowest BCUT2D eigenvalue weighted by atomic mass is 10.2. The van der Waals surface area contributed by atoms with Crippen molar-refractivity contribution in [3.8, 4) is 5.75 Å². The van der Waals surface area contributed by atoms with Crippen molar-refractivity contribution in [2.24, 2.45) is 0 Å². The highest BCUT2D eigenvalue weighted by Gasteiger charge is 2.10. The van der Waals surface area contributed by atoms with Gasteiger partial charge in [-0.3, -0.25) is 0 Å². The molecule has 0 amide bonds. The van der Waals surface area contributed by atoms with Gasteiger partial charge in [0.05, 0.1) is 10.6 Å². The highest BCUT2D eigenvalue weighted by Crippen LogP contribution is 2.22. The van der Waals surface area contributed by atoms with E-state index >= 15 is 0 Å². The van der Waals surface area contributed by atoms with Crippen molar-refractivity contribution in [1.82, 2.24) is 10.1 Å². The van der Waals surface area contributed by atoms with E-state index in [1.54, 1.807) is 13.0 Å². The van der Waals surface area contributed by atoms with Gasteiger partial charge < -0.3 is 14.4 Å². The number of ether oxygens (including phenoxy) is 1. The maximum absolute atomic E-state index is 10.9. The van der Waals surface area contributed by atoms with Crippen LogP contribution in [0.1, 0.15) is 22.1 Å². The van der Waals surface area contributed by atoms with E-state index in [0.29, 0.717) is 17.5 Å². The van der Waals surface area contributed by atoms with E-state index in [4.69, 9.17) is 26.0 Å². The Hall–Kier alpha value is -2.08. The van der Waals surface area contributed by atoms with Crippen LogP contribution in [-0.2, 0) is 6.61 Å². The van der Waals surface area contributed by atoms with Crippen molar-refractivity contribution in [3.63, 3.8) is 0 Å². The molecule has 0 spiro atoms. The summed E-state index contributed by atoms with van der Waals surface area (Å²) in [5, 5.41) is 12.7. The van der Waals surface area contributed by atoms with Gasteiger partial charge in [-0.25, -0.2) is 4.79 Å². The zero-order valence-corrected chi connectivity index (χ0v) is 10.1. The van der Waals surface area contributed by atoms with E-state index in [1.165, 1.54) is 12.1 Å². The summed E-state index contributed by atoms with van der Waals surface area (Å²) in [6.45, 7) is 1.76. The van der Waals surface area contributed by atoms with Crippen molar-refractivity contribution in [1.29, 1.82) is 0 Å². The number of aromatic nitrogens is 2. The molecule has 0 bridgehead atoms. The third kappa shape index (κ3) is 2.78. The minimum atomic E-state index is -1.11. The lowest BCUT2D eigenvalue weighted by molar-refractivity contribution is 0.0696. The summed E-state index contributed by atoms with van der Waals surface area (Å²) < 4.78 is 10.1. The molecule has 0 fully saturated rings. The molecule has 7 heteroatoms. The second kappa shape index (κ2) is 5.05. The topological polar surface area (TPSA) is 85.5 Å². The van der Waals surface area contributed by atoms with Crippen LogP contribution >= 0.6 is 11.6 Å². The molecular formula is C11H9ClN2O4. The fourth-order valence-electron chi connectivity index (χ4n) is 1.31. The van der Waals surface area contributed by atoms with Crippen LogP contribution in [0.4, 0.5) is 0 Å². The van der Waals surface area contributed by atoms with Crippen LogP contribution in [0, 0.1) is 6.92 Å². The van der Waals surface area contributed by atoms with Crippen LogP contribution in [0.5, 0.6) is 5.75 Å². The maximum Gasteiger partial charge on any atom is 0.337 e. The largest absolute Gasteiger partial charge is 0.485 e. The first kappa shape index (κ1) is 12.4. The van der Waals surface area contributed by atoms with Gasteiger partial charge >= 0.3 is 5.97 Å². The van der Waals surface area contributed by atoms with Gasteiger partial charge in [0.1, 0.15) is 5.75 Å².